The first-order valence-electron chi connectivity index (χ1n) is 9.54. The Morgan fingerprint density at radius 1 is 0.786 bits per heavy atom. The van der Waals surface area contributed by atoms with Crippen LogP contribution in [0.25, 0.3) is 0 Å². The third-order valence-electron chi connectivity index (χ3n) is 3.46. The van der Waals surface area contributed by atoms with E-state index in [2.05, 4.69) is 10.6 Å². The summed E-state index contributed by atoms with van der Waals surface area (Å²) in [5.41, 5.74) is 1.72. The van der Waals surface area contributed by atoms with E-state index in [9.17, 15) is 14.7 Å². The lowest BCUT2D eigenvalue weighted by molar-refractivity contribution is 0.0517. The van der Waals surface area contributed by atoms with Crippen LogP contribution in [-0.4, -0.2) is 41.6 Å². The van der Waals surface area contributed by atoms with Crippen molar-refractivity contribution in [3.63, 3.8) is 0 Å². The van der Waals surface area contributed by atoms with E-state index < -0.39 is 23.4 Å². The first-order chi connectivity index (χ1) is 12.9. The van der Waals surface area contributed by atoms with Crippen LogP contribution in [0.3, 0.4) is 0 Å². The lowest BCUT2D eigenvalue weighted by Gasteiger charge is -2.20. The molecule has 0 aliphatic heterocycles. The van der Waals surface area contributed by atoms with Gasteiger partial charge in [0.05, 0.1) is 6.61 Å². The molecule has 0 bridgehead atoms. The molecule has 7 nitrogen and oxygen atoms in total. The first kappa shape index (κ1) is 23.8. The Kier molecular flexibility index (Phi) is 8.75. The number of benzene rings is 1. The molecule has 0 aliphatic carbocycles. The van der Waals surface area contributed by atoms with Gasteiger partial charge in [-0.25, -0.2) is 9.59 Å². The molecule has 0 atom stereocenters. The van der Waals surface area contributed by atoms with Gasteiger partial charge in [0.15, 0.2) is 0 Å². The molecular weight excluding hydrogens is 360 g/mol. The summed E-state index contributed by atoms with van der Waals surface area (Å²) in [6, 6.07) is 5.82. The van der Waals surface area contributed by atoms with Crippen LogP contribution in [0.15, 0.2) is 18.2 Å². The first-order valence-corrected chi connectivity index (χ1v) is 9.54. The average molecular weight is 395 g/mol. The number of aliphatic hydroxyl groups is 1. The zero-order valence-corrected chi connectivity index (χ0v) is 17.8. The molecule has 0 unspecified atom stereocenters. The molecule has 0 saturated carbocycles. The largest absolute Gasteiger partial charge is 0.444 e. The predicted octanol–water partition coefficient (Wildman–Crippen LogP) is 3.31. The molecule has 0 spiro atoms. The van der Waals surface area contributed by atoms with E-state index in [0.717, 1.165) is 16.7 Å². The highest BCUT2D eigenvalue weighted by molar-refractivity contribution is 5.68. The molecule has 0 aliphatic rings. The molecule has 0 fully saturated rings. The zero-order chi connectivity index (χ0) is 21.4. The molecule has 7 heteroatoms. The number of aliphatic hydroxyl groups excluding tert-OH is 1. The van der Waals surface area contributed by atoms with Gasteiger partial charge in [0.2, 0.25) is 0 Å². The van der Waals surface area contributed by atoms with Crippen LogP contribution in [0.2, 0.25) is 0 Å². The topological polar surface area (TPSA) is 96.9 Å². The second kappa shape index (κ2) is 10.3. The predicted molar refractivity (Wildman–Crippen MR) is 108 cm³/mol. The van der Waals surface area contributed by atoms with Gasteiger partial charge in [0.1, 0.15) is 11.2 Å². The van der Waals surface area contributed by atoms with Crippen LogP contribution in [0, 0.1) is 0 Å². The van der Waals surface area contributed by atoms with Crippen molar-refractivity contribution in [2.24, 2.45) is 0 Å². The number of rotatable bonds is 7. The highest BCUT2D eigenvalue weighted by atomic mass is 16.6. The van der Waals surface area contributed by atoms with E-state index in [1.165, 1.54) is 0 Å². The fourth-order valence-corrected chi connectivity index (χ4v) is 2.47. The number of amides is 2. The third kappa shape index (κ3) is 10.8. The van der Waals surface area contributed by atoms with Crippen molar-refractivity contribution in [3.8, 4) is 0 Å². The lowest BCUT2D eigenvalue weighted by Crippen LogP contribution is -2.33. The monoisotopic (exact) mass is 394 g/mol. The summed E-state index contributed by atoms with van der Waals surface area (Å²) in [7, 11) is 0. The summed E-state index contributed by atoms with van der Waals surface area (Å²) >= 11 is 0. The van der Waals surface area contributed by atoms with Crippen molar-refractivity contribution >= 4 is 12.2 Å². The van der Waals surface area contributed by atoms with Gasteiger partial charge < -0.3 is 25.2 Å². The van der Waals surface area contributed by atoms with Crippen molar-refractivity contribution in [1.82, 2.24) is 10.6 Å². The number of hydrogen-bond donors (Lipinski definition) is 3. The number of ether oxygens (including phenoxy) is 2. The van der Waals surface area contributed by atoms with Gasteiger partial charge in [-0.2, -0.15) is 0 Å². The van der Waals surface area contributed by atoms with Gasteiger partial charge in [0, 0.05) is 13.1 Å². The fourth-order valence-electron chi connectivity index (χ4n) is 2.47. The van der Waals surface area contributed by atoms with Gasteiger partial charge in [-0.3, -0.25) is 0 Å². The Morgan fingerprint density at radius 2 is 1.14 bits per heavy atom. The molecular formula is C21H34N2O5. The van der Waals surface area contributed by atoms with E-state index >= 15 is 0 Å². The smallest absolute Gasteiger partial charge is 0.407 e. The van der Waals surface area contributed by atoms with E-state index in [-0.39, 0.29) is 6.61 Å². The van der Waals surface area contributed by atoms with Crippen molar-refractivity contribution in [2.45, 2.75) is 72.2 Å². The van der Waals surface area contributed by atoms with Gasteiger partial charge in [-0.1, -0.05) is 18.2 Å². The summed E-state index contributed by atoms with van der Waals surface area (Å²) in [6.07, 6.45) is 0.319. The molecule has 1 aromatic rings. The SMILES string of the molecule is CC(C)(C)OC(=O)NCCc1cc(CO)cc(CCNC(=O)OC(C)(C)C)c1. The van der Waals surface area contributed by atoms with Gasteiger partial charge in [-0.15, -0.1) is 0 Å². The minimum absolute atomic E-state index is 0.0696. The number of carbonyl (C=O) groups is 2. The summed E-state index contributed by atoms with van der Waals surface area (Å²) in [5, 5.41) is 14.9. The number of nitrogens with one attached hydrogen (secondary N) is 2. The Balaban J connectivity index is 2.56. The summed E-state index contributed by atoms with van der Waals surface area (Å²) in [5.74, 6) is 0. The maximum Gasteiger partial charge on any atom is 0.407 e. The van der Waals surface area contributed by atoms with Crippen molar-refractivity contribution in [1.29, 1.82) is 0 Å². The minimum atomic E-state index is -0.533. The van der Waals surface area contributed by atoms with Crippen LogP contribution < -0.4 is 10.6 Å². The second-order valence-electron chi connectivity index (χ2n) is 8.67. The summed E-state index contributed by atoms with van der Waals surface area (Å²) in [4.78, 5) is 23.4. The van der Waals surface area contributed by atoms with E-state index in [1.807, 2.05) is 59.7 Å². The van der Waals surface area contributed by atoms with Crippen molar-refractivity contribution < 1.29 is 24.2 Å². The molecule has 1 aromatic carbocycles. The quantitative estimate of drug-likeness (QED) is 0.659. The third-order valence-corrected chi connectivity index (χ3v) is 3.46. The zero-order valence-electron chi connectivity index (χ0n) is 17.8. The summed E-state index contributed by atoms with van der Waals surface area (Å²) < 4.78 is 10.4. The van der Waals surface area contributed by atoms with E-state index in [0.29, 0.717) is 25.9 Å². The molecule has 3 N–H and O–H groups in total. The molecule has 28 heavy (non-hydrogen) atoms. The van der Waals surface area contributed by atoms with Gasteiger partial charge >= 0.3 is 12.2 Å². The highest BCUT2D eigenvalue weighted by Gasteiger charge is 2.16. The van der Waals surface area contributed by atoms with Crippen LogP contribution in [0.4, 0.5) is 9.59 Å². The Labute approximate surface area is 167 Å². The second-order valence-corrected chi connectivity index (χ2v) is 8.67. The highest BCUT2D eigenvalue weighted by Crippen LogP contribution is 2.13. The standard InChI is InChI=1S/C21H34N2O5/c1-20(2,3)27-18(25)22-9-7-15-11-16(13-17(12-15)14-24)8-10-23-19(26)28-21(4,5)6/h11-13,24H,7-10,14H2,1-6H3,(H,22,25)(H,23,26). The van der Waals surface area contributed by atoms with Crippen LogP contribution in [-0.2, 0) is 28.9 Å². The number of hydrogen-bond acceptors (Lipinski definition) is 5. The average Bonchev–Trinajstić information content (AvgIpc) is 2.51. The minimum Gasteiger partial charge on any atom is -0.444 e. The maximum absolute atomic E-state index is 11.7. The normalized spacial score (nSPS) is 11.7. The summed E-state index contributed by atoms with van der Waals surface area (Å²) in [6.45, 7) is 11.7. The van der Waals surface area contributed by atoms with Crippen LogP contribution >= 0.6 is 0 Å². The molecule has 0 saturated heterocycles. The number of carbonyl (C=O) groups excluding carboxylic acids is 2. The van der Waals surface area contributed by atoms with Gasteiger partial charge in [0.25, 0.3) is 0 Å². The van der Waals surface area contributed by atoms with Crippen molar-refractivity contribution in [2.75, 3.05) is 13.1 Å². The molecule has 2 amide bonds. The molecule has 0 radical (unpaired) electrons. The molecule has 158 valence electrons. The molecule has 0 heterocycles. The Hall–Kier alpha value is -2.28. The number of alkyl carbamates (subject to hydrolysis) is 2. The van der Waals surface area contributed by atoms with Crippen LogP contribution in [0.1, 0.15) is 58.2 Å². The Bertz CT molecular complexity index is 607. The Morgan fingerprint density at radius 3 is 1.46 bits per heavy atom. The molecule has 0 aromatic heterocycles. The maximum atomic E-state index is 11.7. The molecule has 1 rings (SSSR count). The fraction of sp³-hybridized carbons (Fsp3) is 0.619. The van der Waals surface area contributed by atoms with Gasteiger partial charge in [-0.05, 0) is 71.1 Å². The lowest BCUT2D eigenvalue weighted by atomic mass is 10.0. The van der Waals surface area contributed by atoms with E-state index in [1.54, 1.807) is 0 Å². The van der Waals surface area contributed by atoms with Crippen molar-refractivity contribution in [3.05, 3.63) is 34.9 Å². The van der Waals surface area contributed by atoms with E-state index in [4.69, 9.17) is 9.47 Å². The van der Waals surface area contributed by atoms with Crippen LogP contribution in [0.5, 0.6) is 0 Å².